The fraction of sp³-hybridized carbons (Fsp3) is 0.150. The Morgan fingerprint density at radius 1 is 0.681 bits per heavy atom. The highest BCUT2D eigenvalue weighted by atomic mass is 79.9. The van der Waals surface area contributed by atoms with Gasteiger partial charge in [-0.2, -0.15) is 0 Å². The van der Waals surface area contributed by atoms with E-state index in [2.05, 4.69) is 66.2 Å². The molecule has 1 aliphatic heterocycles. The minimum absolute atomic E-state index is 0.216. The molecule has 6 aromatic rings. The average Bonchev–Trinajstić information content (AvgIpc) is 3.60. The van der Waals surface area contributed by atoms with Crippen molar-refractivity contribution in [2.75, 3.05) is 7.11 Å². The Kier molecular flexibility index (Phi) is 7.74. The molecule has 47 heavy (non-hydrogen) atoms. The summed E-state index contributed by atoms with van der Waals surface area (Å²) in [6.45, 7) is 6.05. The first-order valence-corrected chi connectivity index (χ1v) is 17.6. The second-order valence-electron chi connectivity index (χ2n) is 12.1. The summed E-state index contributed by atoms with van der Waals surface area (Å²) in [5.74, 6) is 0.717. The summed E-state index contributed by atoms with van der Waals surface area (Å²) < 4.78 is 43.8. The highest BCUT2D eigenvalue weighted by molar-refractivity contribution is 9.10. The monoisotopic (exact) mass is 703 g/mol. The fourth-order valence-corrected chi connectivity index (χ4v) is 8.84. The molecule has 0 aliphatic carbocycles. The Morgan fingerprint density at radius 3 is 1.74 bits per heavy atom. The van der Waals surface area contributed by atoms with Crippen molar-refractivity contribution < 1.29 is 17.9 Å². The largest absolute Gasteiger partial charge is 0.497 e. The van der Waals surface area contributed by atoms with Gasteiger partial charge in [0.2, 0.25) is 0 Å². The summed E-state index contributed by atoms with van der Waals surface area (Å²) in [7, 11) is -2.32. The number of ether oxygens (including phenoxy) is 2. The van der Waals surface area contributed by atoms with Gasteiger partial charge in [0.25, 0.3) is 10.0 Å². The molecule has 1 saturated heterocycles. The molecule has 236 valence electrons. The maximum Gasteiger partial charge on any atom is 0.267 e. The van der Waals surface area contributed by atoms with Crippen molar-refractivity contribution in [3.8, 4) is 16.9 Å². The van der Waals surface area contributed by atoms with Crippen LogP contribution in [0.1, 0.15) is 38.9 Å². The summed E-state index contributed by atoms with van der Waals surface area (Å²) in [5, 5.41) is 0. The van der Waals surface area contributed by atoms with Crippen LogP contribution in [0.15, 0.2) is 143 Å². The standard InChI is InChI=1S/C40H34BrNO4S/c1-27-15-21-35(22-16-27)47(43,44)42-25-36(38-28(2)23-33(41)24-29(38)3)37(26-42)40(32-17-19-34(45-4)20-18-32)39(46-40,30-11-7-5-8-12-30)31-13-9-6-10-14-31/h5-26H,1-4H3. The number of benzene rings is 5. The third-order valence-corrected chi connectivity index (χ3v) is 11.3. The van der Waals surface area contributed by atoms with Crippen LogP contribution in [0, 0.1) is 20.8 Å². The first-order valence-electron chi connectivity index (χ1n) is 15.4. The van der Waals surface area contributed by atoms with E-state index in [-0.39, 0.29) is 4.90 Å². The molecule has 1 aromatic heterocycles. The fourth-order valence-electron chi connectivity index (χ4n) is 6.95. The zero-order chi connectivity index (χ0) is 33.0. The molecule has 1 atom stereocenters. The van der Waals surface area contributed by atoms with Crippen molar-refractivity contribution in [1.82, 2.24) is 3.97 Å². The molecular formula is C40H34BrNO4S. The van der Waals surface area contributed by atoms with Crippen LogP contribution in [0.5, 0.6) is 5.75 Å². The maximum absolute atomic E-state index is 14.3. The van der Waals surface area contributed by atoms with E-state index in [9.17, 15) is 8.42 Å². The van der Waals surface area contributed by atoms with E-state index >= 15 is 0 Å². The maximum atomic E-state index is 14.3. The SMILES string of the molecule is COc1ccc(C2(c3cn(S(=O)(=O)c4ccc(C)cc4)cc3-c3c(C)cc(Br)cc3C)OC2(c2ccccc2)c2ccccc2)cc1. The molecule has 2 heterocycles. The van der Waals surface area contributed by atoms with Gasteiger partial charge in [-0.1, -0.05) is 106 Å². The molecule has 7 heteroatoms. The highest BCUT2D eigenvalue weighted by Crippen LogP contribution is 2.70. The van der Waals surface area contributed by atoms with E-state index in [1.54, 1.807) is 31.6 Å². The Bertz CT molecular complexity index is 2130. The van der Waals surface area contributed by atoms with Gasteiger partial charge in [0.05, 0.1) is 12.0 Å². The Balaban J connectivity index is 1.59. The molecule has 0 radical (unpaired) electrons. The van der Waals surface area contributed by atoms with Crippen LogP contribution in [0.2, 0.25) is 0 Å². The average molecular weight is 705 g/mol. The van der Waals surface area contributed by atoms with Crippen LogP contribution in [0.25, 0.3) is 11.1 Å². The summed E-state index contributed by atoms with van der Waals surface area (Å²) in [6.07, 6.45) is 3.50. The van der Waals surface area contributed by atoms with Crippen LogP contribution < -0.4 is 4.74 Å². The van der Waals surface area contributed by atoms with Crippen LogP contribution >= 0.6 is 15.9 Å². The van der Waals surface area contributed by atoms with Gasteiger partial charge in [-0.15, -0.1) is 0 Å². The topological polar surface area (TPSA) is 60.8 Å². The molecule has 5 aromatic carbocycles. The van der Waals surface area contributed by atoms with Gasteiger partial charge in [-0.3, -0.25) is 0 Å². The molecule has 5 nitrogen and oxygen atoms in total. The van der Waals surface area contributed by atoms with Crippen LogP contribution in [0.3, 0.4) is 0 Å². The lowest BCUT2D eigenvalue weighted by Gasteiger charge is -2.24. The van der Waals surface area contributed by atoms with Crippen molar-refractivity contribution in [1.29, 1.82) is 0 Å². The summed E-state index contributed by atoms with van der Waals surface area (Å²) in [5.41, 5.74) is 6.25. The van der Waals surface area contributed by atoms with Crippen molar-refractivity contribution >= 4 is 26.0 Å². The van der Waals surface area contributed by atoms with Gasteiger partial charge in [0, 0.05) is 28.0 Å². The van der Waals surface area contributed by atoms with Gasteiger partial charge in [0.15, 0.2) is 11.2 Å². The predicted molar refractivity (Wildman–Crippen MR) is 189 cm³/mol. The molecule has 1 unspecified atom stereocenters. The molecule has 0 amide bonds. The second-order valence-corrected chi connectivity index (χ2v) is 14.8. The van der Waals surface area contributed by atoms with Crippen LogP contribution in [-0.2, 0) is 26.0 Å². The van der Waals surface area contributed by atoms with Crippen molar-refractivity contribution in [2.45, 2.75) is 36.9 Å². The third-order valence-electron chi connectivity index (χ3n) is 9.16. The number of rotatable bonds is 8. The lowest BCUT2D eigenvalue weighted by atomic mass is 9.72. The highest BCUT2D eigenvalue weighted by Gasteiger charge is 2.74. The minimum atomic E-state index is -3.96. The first kappa shape index (κ1) is 31.2. The number of halogens is 1. The smallest absolute Gasteiger partial charge is 0.267 e. The molecular weight excluding hydrogens is 670 g/mol. The van der Waals surface area contributed by atoms with E-state index in [0.717, 1.165) is 54.5 Å². The van der Waals surface area contributed by atoms with Gasteiger partial charge >= 0.3 is 0 Å². The summed E-state index contributed by atoms with van der Waals surface area (Å²) >= 11 is 3.66. The van der Waals surface area contributed by atoms with Crippen LogP contribution in [0.4, 0.5) is 0 Å². The number of aromatic nitrogens is 1. The van der Waals surface area contributed by atoms with E-state index in [0.29, 0.717) is 5.75 Å². The van der Waals surface area contributed by atoms with E-state index in [1.807, 2.05) is 79.7 Å². The number of hydrogen-bond donors (Lipinski definition) is 0. The molecule has 0 N–H and O–H groups in total. The predicted octanol–water partition coefficient (Wildman–Crippen LogP) is 9.31. The molecule has 0 bridgehead atoms. The van der Waals surface area contributed by atoms with Gasteiger partial charge in [-0.05, 0) is 90.6 Å². The Hall–Kier alpha value is -4.43. The molecule has 7 rings (SSSR count). The zero-order valence-corrected chi connectivity index (χ0v) is 29.0. The quantitative estimate of drug-likeness (QED) is 0.148. The normalized spacial score (nSPS) is 17.0. The number of methoxy groups -OCH3 is 1. The molecule has 0 spiro atoms. The second kappa shape index (κ2) is 11.7. The van der Waals surface area contributed by atoms with Crippen molar-refractivity contribution in [2.24, 2.45) is 0 Å². The number of hydrogen-bond acceptors (Lipinski definition) is 4. The minimum Gasteiger partial charge on any atom is -0.497 e. The summed E-state index contributed by atoms with van der Waals surface area (Å²) in [4.78, 5) is 0.216. The third kappa shape index (κ3) is 4.96. The number of aryl methyl sites for hydroxylation is 3. The van der Waals surface area contributed by atoms with Crippen LogP contribution in [-0.4, -0.2) is 19.5 Å². The van der Waals surface area contributed by atoms with Crippen molar-refractivity contribution in [3.63, 3.8) is 0 Å². The first-order chi connectivity index (χ1) is 22.6. The van der Waals surface area contributed by atoms with Gasteiger partial charge < -0.3 is 9.47 Å². The zero-order valence-electron chi connectivity index (χ0n) is 26.6. The van der Waals surface area contributed by atoms with Gasteiger partial charge in [0.1, 0.15) is 5.75 Å². The van der Waals surface area contributed by atoms with Crippen molar-refractivity contribution in [3.05, 3.63) is 177 Å². The van der Waals surface area contributed by atoms with E-state index in [1.165, 1.54) is 3.97 Å². The Labute approximate surface area is 284 Å². The lowest BCUT2D eigenvalue weighted by Crippen LogP contribution is -2.26. The number of epoxide rings is 1. The van der Waals surface area contributed by atoms with Gasteiger partial charge in [-0.25, -0.2) is 12.4 Å². The number of nitrogens with zero attached hydrogens (tertiary/aromatic N) is 1. The molecule has 0 saturated carbocycles. The molecule has 1 aliphatic rings. The van der Waals surface area contributed by atoms with E-state index in [4.69, 9.17) is 9.47 Å². The lowest BCUT2D eigenvalue weighted by molar-refractivity contribution is 0.300. The Morgan fingerprint density at radius 2 is 1.21 bits per heavy atom. The van der Waals surface area contributed by atoms with E-state index < -0.39 is 21.2 Å². The summed E-state index contributed by atoms with van der Waals surface area (Å²) in [6, 6.07) is 39.3. The molecule has 1 fully saturated rings.